The summed E-state index contributed by atoms with van der Waals surface area (Å²) in [6, 6.07) is 9.28. The van der Waals surface area contributed by atoms with E-state index in [-0.39, 0.29) is 0 Å². The van der Waals surface area contributed by atoms with Crippen molar-refractivity contribution in [3.63, 3.8) is 0 Å². The molecule has 1 N–H and O–H groups in total. The summed E-state index contributed by atoms with van der Waals surface area (Å²) in [6.45, 7) is 0.671. The Morgan fingerprint density at radius 3 is 2.44 bits per heavy atom. The molecule has 1 saturated carbocycles. The number of carbonyl (C=O) groups is 1. The van der Waals surface area contributed by atoms with Crippen molar-refractivity contribution in [2.24, 2.45) is 5.92 Å². The molecule has 1 heterocycles. The van der Waals surface area contributed by atoms with Crippen LogP contribution in [0.4, 0.5) is 0 Å². The predicted molar refractivity (Wildman–Crippen MR) is 93.6 cm³/mol. The third kappa shape index (κ3) is 3.20. The van der Waals surface area contributed by atoms with E-state index in [1.807, 2.05) is 24.3 Å². The number of amides is 1. The summed E-state index contributed by atoms with van der Waals surface area (Å²) in [4.78, 5) is 12.5. The van der Waals surface area contributed by atoms with E-state index >= 15 is 0 Å². The van der Waals surface area contributed by atoms with Crippen molar-refractivity contribution >= 4 is 15.9 Å². The van der Waals surface area contributed by atoms with Gasteiger partial charge < -0.3 is 0 Å². The SMILES string of the molecule is O=C(NS(=O)(=O)C1Cc2ccccc2C1)c1ccnn1CC1CCC1. The summed E-state index contributed by atoms with van der Waals surface area (Å²) in [6.07, 6.45) is 5.93. The molecule has 0 atom stereocenters. The Bertz CT molecular complexity index is 875. The van der Waals surface area contributed by atoms with Crippen LogP contribution >= 0.6 is 0 Å². The molecule has 0 spiro atoms. The molecular formula is C18H21N3O3S. The van der Waals surface area contributed by atoms with Crippen LogP contribution in [0.3, 0.4) is 0 Å². The molecule has 0 bridgehead atoms. The minimum Gasteiger partial charge on any atom is -0.266 e. The standard InChI is InChI=1S/C18H21N3O3S/c22-18(17-8-9-19-21(17)12-13-4-3-5-13)20-25(23,24)16-10-14-6-1-2-7-15(14)11-16/h1-2,6-9,13,16H,3-5,10-12H2,(H,20,22). The molecule has 0 unspecified atom stereocenters. The first-order valence-corrected chi connectivity index (χ1v) is 10.2. The van der Waals surface area contributed by atoms with Crippen molar-refractivity contribution in [3.8, 4) is 0 Å². The largest absolute Gasteiger partial charge is 0.282 e. The van der Waals surface area contributed by atoms with Crippen molar-refractivity contribution in [2.45, 2.75) is 43.9 Å². The molecule has 1 amide bonds. The van der Waals surface area contributed by atoms with Gasteiger partial charge in [0.25, 0.3) is 5.91 Å². The minimum atomic E-state index is -3.73. The highest BCUT2D eigenvalue weighted by Crippen LogP contribution is 2.28. The third-order valence-electron chi connectivity index (χ3n) is 5.29. The van der Waals surface area contributed by atoms with Gasteiger partial charge >= 0.3 is 0 Å². The number of nitrogens with one attached hydrogen (secondary N) is 1. The van der Waals surface area contributed by atoms with Gasteiger partial charge in [0.1, 0.15) is 5.69 Å². The van der Waals surface area contributed by atoms with Crippen LogP contribution in [-0.4, -0.2) is 29.4 Å². The van der Waals surface area contributed by atoms with Gasteiger partial charge in [0, 0.05) is 12.7 Å². The van der Waals surface area contributed by atoms with Crippen LogP contribution in [0.5, 0.6) is 0 Å². The minimum absolute atomic E-state index is 0.311. The van der Waals surface area contributed by atoms with Crippen molar-refractivity contribution in [1.82, 2.24) is 14.5 Å². The summed E-state index contributed by atoms with van der Waals surface area (Å²) in [5, 5.41) is 3.58. The molecule has 0 aliphatic heterocycles. The van der Waals surface area contributed by atoms with E-state index in [0.717, 1.165) is 24.0 Å². The van der Waals surface area contributed by atoms with Gasteiger partial charge in [0.05, 0.1) is 5.25 Å². The number of aromatic nitrogens is 2. The number of hydrogen-bond donors (Lipinski definition) is 1. The van der Waals surface area contributed by atoms with Crippen LogP contribution in [0.1, 0.15) is 40.9 Å². The quantitative estimate of drug-likeness (QED) is 0.884. The number of sulfonamides is 1. The maximum atomic E-state index is 12.6. The van der Waals surface area contributed by atoms with Crippen LogP contribution in [0, 0.1) is 5.92 Å². The molecule has 4 rings (SSSR count). The van der Waals surface area contributed by atoms with E-state index in [1.54, 1.807) is 16.9 Å². The van der Waals surface area contributed by atoms with Gasteiger partial charge in [-0.3, -0.25) is 9.48 Å². The molecule has 2 aliphatic rings. The molecule has 0 saturated heterocycles. The lowest BCUT2D eigenvalue weighted by atomic mass is 9.85. The summed E-state index contributed by atoms with van der Waals surface area (Å²) < 4.78 is 29.2. The topological polar surface area (TPSA) is 81.1 Å². The fraction of sp³-hybridized carbons (Fsp3) is 0.444. The van der Waals surface area contributed by atoms with E-state index in [4.69, 9.17) is 0 Å². The smallest absolute Gasteiger partial charge is 0.266 e. The Labute approximate surface area is 147 Å². The summed E-state index contributed by atoms with van der Waals surface area (Å²) >= 11 is 0. The van der Waals surface area contributed by atoms with Crippen LogP contribution in [-0.2, 0) is 29.4 Å². The fourth-order valence-electron chi connectivity index (χ4n) is 3.59. The van der Waals surface area contributed by atoms with Gasteiger partial charge in [-0.2, -0.15) is 5.10 Å². The summed E-state index contributed by atoms with van der Waals surface area (Å²) in [7, 11) is -3.73. The van der Waals surface area contributed by atoms with E-state index < -0.39 is 21.2 Å². The van der Waals surface area contributed by atoms with E-state index in [2.05, 4.69) is 9.82 Å². The highest BCUT2D eigenvalue weighted by Gasteiger charge is 2.34. The monoisotopic (exact) mass is 359 g/mol. The molecule has 7 heteroatoms. The number of rotatable bonds is 5. The molecule has 1 aromatic carbocycles. The van der Waals surface area contributed by atoms with Gasteiger partial charge in [0.15, 0.2) is 0 Å². The summed E-state index contributed by atoms with van der Waals surface area (Å²) in [5.41, 5.74) is 2.40. The first-order valence-electron chi connectivity index (χ1n) is 8.67. The Morgan fingerprint density at radius 1 is 1.16 bits per heavy atom. The molecule has 6 nitrogen and oxygen atoms in total. The second-order valence-corrected chi connectivity index (χ2v) is 8.93. The molecule has 2 aromatic rings. The molecule has 1 aromatic heterocycles. The molecule has 132 valence electrons. The number of benzene rings is 1. The normalized spacial score (nSPS) is 17.9. The van der Waals surface area contributed by atoms with Crippen molar-refractivity contribution in [2.75, 3.05) is 0 Å². The van der Waals surface area contributed by atoms with Gasteiger partial charge in [0.2, 0.25) is 10.0 Å². The number of fused-ring (bicyclic) bond motifs is 1. The van der Waals surface area contributed by atoms with E-state index in [0.29, 0.717) is 31.0 Å². The van der Waals surface area contributed by atoms with Crippen molar-refractivity contribution in [1.29, 1.82) is 0 Å². The zero-order chi connectivity index (χ0) is 17.4. The highest BCUT2D eigenvalue weighted by molar-refractivity contribution is 7.90. The average molecular weight is 359 g/mol. The molecule has 0 radical (unpaired) electrons. The molecule has 25 heavy (non-hydrogen) atoms. The van der Waals surface area contributed by atoms with Gasteiger partial charge in [-0.25, -0.2) is 13.1 Å². The van der Waals surface area contributed by atoms with Gasteiger partial charge in [-0.05, 0) is 48.8 Å². The third-order valence-corrected chi connectivity index (χ3v) is 6.97. The van der Waals surface area contributed by atoms with E-state index in [9.17, 15) is 13.2 Å². The van der Waals surface area contributed by atoms with Gasteiger partial charge in [-0.1, -0.05) is 30.7 Å². The maximum Gasteiger partial charge on any atom is 0.282 e. The lowest BCUT2D eigenvalue weighted by Gasteiger charge is -2.25. The lowest BCUT2D eigenvalue weighted by molar-refractivity contribution is 0.0967. The predicted octanol–water partition coefficient (Wildman–Crippen LogP) is 1.91. The number of carbonyl (C=O) groups excluding carboxylic acids is 1. The molecular weight excluding hydrogens is 338 g/mol. The average Bonchev–Trinajstić information content (AvgIpc) is 3.17. The zero-order valence-corrected chi connectivity index (χ0v) is 14.7. The van der Waals surface area contributed by atoms with Gasteiger partial charge in [-0.15, -0.1) is 0 Å². The second-order valence-electron chi connectivity index (χ2n) is 6.97. The van der Waals surface area contributed by atoms with Crippen molar-refractivity contribution < 1.29 is 13.2 Å². The first-order chi connectivity index (χ1) is 12.0. The highest BCUT2D eigenvalue weighted by atomic mass is 32.2. The Morgan fingerprint density at radius 2 is 1.84 bits per heavy atom. The molecule has 1 fully saturated rings. The van der Waals surface area contributed by atoms with Crippen molar-refractivity contribution in [3.05, 3.63) is 53.3 Å². The summed E-state index contributed by atoms with van der Waals surface area (Å²) in [5.74, 6) is -0.0554. The van der Waals surface area contributed by atoms with Crippen LogP contribution < -0.4 is 4.72 Å². The number of nitrogens with zero attached hydrogens (tertiary/aromatic N) is 2. The Balaban J connectivity index is 1.46. The Hall–Kier alpha value is -2.15. The molecule has 2 aliphatic carbocycles. The lowest BCUT2D eigenvalue weighted by Crippen LogP contribution is -2.40. The first kappa shape index (κ1) is 16.3. The van der Waals surface area contributed by atoms with Crippen LogP contribution in [0.2, 0.25) is 0 Å². The number of hydrogen-bond acceptors (Lipinski definition) is 4. The second kappa shape index (κ2) is 6.29. The van der Waals surface area contributed by atoms with Crippen LogP contribution in [0.15, 0.2) is 36.5 Å². The van der Waals surface area contributed by atoms with Crippen LogP contribution in [0.25, 0.3) is 0 Å². The maximum absolute atomic E-state index is 12.6. The Kier molecular flexibility index (Phi) is 4.11. The van der Waals surface area contributed by atoms with E-state index in [1.165, 1.54) is 6.42 Å². The fourth-order valence-corrected chi connectivity index (χ4v) is 4.92. The zero-order valence-electron chi connectivity index (χ0n) is 13.9.